The molecule has 18 rings (SSSR count). The molecule has 6 aliphatic heterocycles. The molecule has 0 bridgehead atoms. The lowest BCUT2D eigenvalue weighted by atomic mass is 9.70. The molecule has 578 valence electrons. The number of halogens is 18. The summed E-state index contributed by atoms with van der Waals surface area (Å²) in [5.41, 5.74) is -18.5. The second kappa shape index (κ2) is 21.2. The van der Waals surface area contributed by atoms with Crippen LogP contribution in [0, 0.1) is 17.3 Å². The maximum Gasteiger partial charge on any atom is 0.380 e. The van der Waals surface area contributed by atoms with E-state index in [9.17, 15) is 20.8 Å². The summed E-state index contributed by atoms with van der Waals surface area (Å²) in [6.07, 6.45) is 1.47. The highest BCUT2D eigenvalue weighted by molar-refractivity contribution is 8.06. The number of hydroxylamine groups is 6. The van der Waals surface area contributed by atoms with Crippen LogP contribution in [-0.4, -0.2) is 114 Å². The molecule has 7 aromatic rings. The van der Waals surface area contributed by atoms with Gasteiger partial charge in [0.1, 0.15) is 11.1 Å². The molecule has 0 unspecified atom stereocenters. The monoisotopic (exact) mass is 1640 g/mol. The molecule has 0 saturated heterocycles. The van der Waals surface area contributed by atoms with Crippen LogP contribution in [-0.2, 0) is 22.3 Å². The van der Waals surface area contributed by atoms with Gasteiger partial charge >= 0.3 is 65.0 Å². The van der Waals surface area contributed by atoms with Crippen molar-refractivity contribution in [1.82, 2.24) is 10.1 Å². The summed E-state index contributed by atoms with van der Waals surface area (Å²) in [4.78, 5) is -0.184. The third-order valence-corrected chi connectivity index (χ3v) is 33.9. The van der Waals surface area contributed by atoms with Gasteiger partial charge in [0.15, 0.2) is 11.1 Å². The Kier molecular flexibility index (Phi) is 14.3. The molecular weight excluding hydrogens is 1580 g/mol. The normalized spacial score (nSPS) is 29.5. The van der Waals surface area contributed by atoms with Crippen molar-refractivity contribution in [3.8, 4) is 22.3 Å². The smallest absolute Gasteiger partial charge is 0.380 e. The fourth-order valence-electron chi connectivity index (χ4n) is 18.0. The predicted molar refractivity (Wildman–Crippen MR) is 390 cm³/mol. The van der Waals surface area contributed by atoms with Crippen molar-refractivity contribution in [2.24, 2.45) is 0 Å². The van der Waals surface area contributed by atoms with Gasteiger partial charge in [-0.3, -0.25) is 9.48 Å². The van der Waals surface area contributed by atoms with Crippen molar-refractivity contribution in [2.75, 3.05) is 0 Å². The Labute approximate surface area is 642 Å². The second-order valence-electron chi connectivity index (χ2n) is 32.8. The number of alkyl halides is 18. The summed E-state index contributed by atoms with van der Waals surface area (Å²) in [5, 5.41) is 55.7. The summed E-state index contributed by atoms with van der Waals surface area (Å²) in [5.74, 6) is -53.0. The molecule has 1 aromatic heterocycles. The van der Waals surface area contributed by atoms with Crippen LogP contribution in [0.5, 0.6) is 0 Å². The zero-order valence-corrected chi connectivity index (χ0v) is 64.3. The van der Waals surface area contributed by atoms with Crippen LogP contribution in [0.4, 0.5) is 79.0 Å². The van der Waals surface area contributed by atoms with E-state index in [1.165, 1.54) is 138 Å². The summed E-state index contributed by atoms with van der Waals surface area (Å²) < 4.78 is 297. The molecule has 2 radical (unpaired) electrons. The van der Waals surface area contributed by atoms with E-state index < -0.39 is 173 Å². The van der Waals surface area contributed by atoms with Crippen LogP contribution in [0.3, 0.4) is 0 Å². The van der Waals surface area contributed by atoms with Crippen LogP contribution >= 0.6 is 58.4 Å². The average Bonchev–Trinajstić information content (AvgIpc) is 1.50. The number of rotatable bonds is 6. The SMILES string of the molecule is Cc1sc2cc(C3=[N+]([O-])C(C)(C)C(C)(C)N3[O])ccc2c1C1=C(c2ccc3c(c2)S[C@]2(C)C3=CC3=C4c5c(cc(-c6ccc(-c7ccc8c(c7)S[C@]7(C)C8=CC8=C9c%10c(cc(C%11=[N+]([O-])C(C)(C)C(C)(C)N%11[O])cc%10C(F)(F)C(F)(F)C8(F)F)S[C@]97C)cc6)cc5C(F)(F)C(F)(F)C3(F)F)S[C@]42C)C(F)(F)C(F)(F)C1(F)F. The first-order valence-corrected chi connectivity index (χ1v) is 38.8. The van der Waals surface area contributed by atoms with Gasteiger partial charge in [0, 0.05) is 95.1 Å². The fraction of sp³-hybridized carbons (Fsp3) is 0.375. The van der Waals surface area contributed by atoms with E-state index >= 15 is 79.0 Å². The van der Waals surface area contributed by atoms with Crippen LogP contribution in [0.2, 0.25) is 0 Å². The van der Waals surface area contributed by atoms with Gasteiger partial charge in [-0.2, -0.15) is 79.0 Å². The second-order valence-corrected chi connectivity index (χ2v) is 39.9. The van der Waals surface area contributed by atoms with Crippen LogP contribution in [0.1, 0.15) is 144 Å². The van der Waals surface area contributed by atoms with E-state index in [-0.39, 0.29) is 74.4 Å². The molecule has 11 aliphatic rings. The van der Waals surface area contributed by atoms with E-state index in [0.717, 1.165) is 88.7 Å². The lowest BCUT2D eigenvalue weighted by Crippen LogP contribution is -2.54. The van der Waals surface area contributed by atoms with E-state index in [4.69, 9.17) is 0 Å². The van der Waals surface area contributed by atoms with Gasteiger partial charge in [-0.1, -0.05) is 64.7 Å². The highest BCUT2D eigenvalue weighted by Crippen LogP contribution is 2.79. The van der Waals surface area contributed by atoms with Gasteiger partial charge in [-0.05, 0) is 212 Å². The lowest BCUT2D eigenvalue weighted by Gasteiger charge is -2.46. The van der Waals surface area contributed by atoms with Crippen LogP contribution in [0.25, 0.3) is 65.8 Å². The van der Waals surface area contributed by atoms with E-state index in [0.29, 0.717) is 53.8 Å². The summed E-state index contributed by atoms with van der Waals surface area (Å²) in [7, 11) is 0. The zero-order valence-electron chi connectivity index (χ0n) is 60.2. The first-order chi connectivity index (χ1) is 50.9. The Bertz CT molecular complexity index is 5850. The highest BCUT2D eigenvalue weighted by Gasteiger charge is 2.83. The van der Waals surface area contributed by atoms with Crippen molar-refractivity contribution in [3.05, 3.63) is 197 Å². The standard InChI is InChI=1S/C80H58F18N4O4S5/c1-33-55(43-23-20-38(28-50(43)107-33)62-99(103)64(2,3)65(4,5)100(62)104)61-58(76(89,90)80(97,98)77(61,91)92)37-19-22-42-45-32-48-59-56-46(72(81,82)78(93,94)74(48,85)86)24-39(29-53(56)110-70(59,12)69(45,11)109-52(42)27-37)35-16-14-34(15-17-35)36-18-21-41-44-31-49-60-57-47(73(83,84)79(95,96)75(49,87)88)25-40(63-101(105)66(6,7)67(8,9)102(63)106)30-54(57)111-71(60,13)68(44,10)108-51(41)26-36/h14-32H,1-13H3/t68-,69-,70-,71-/m1/s1. The summed E-state index contributed by atoms with van der Waals surface area (Å²) >= 11 is 4.25. The minimum Gasteiger partial charge on any atom is -0.714 e. The molecule has 0 fully saturated rings. The minimum atomic E-state index is -6.17. The average molecular weight is 1640 g/mol. The molecule has 4 atom stereocenters. The van der Waals surface area contributed by atoms with Gasteiger partial charge in [0.05, 0.1) is 30.1 Å². The number of benzene rings is 6. The molecule has 8 nitrogen and oxygen atoms in total. The number of nitrogens with zero attached hydrogens (tertiary/aromatic N) is 4. The molecule has 0 saturated carbocycles. The molecule has 6 aromatic carbocycles. The molecule has 0 spiro atoms. The predicted octanol–water partition coefficient (Wildman–Crippen LogP) is 23.2. The Morgan fingerprint density at radius 3 is 1.16 bits per heavy atom. The highest BCUT2D eigenvalue weighted by atomic mass is 32.2. The number of thiophene rings is 1. The third kappa shape index (κ3) is 8.21. The maximum absolute atomic E-state index is 17.3. The molecule has 31 heteroatoms. The molecule has 7 heterocycles. The first kappa shape index (κ1) is 75.0. The minimum absolute atomic E-state index is 0.0130. The van der Waals surface area contributed by atoms with Crippen molar-refractivity contribution in [3.63, 3.8) is 0 Å². The lowest BCUT2D eigenvalue weighted by molar-refractivity contribution is -0.539. The zero-order chi connectivity index (χ0) is 80.7. The van der Waals surface area contributed by atoms with Crippen molar-refractivity contribution in [2.45, 2.75) is 204 Å². The maximum atomic E-state index is 17.3. The topological polar surface area (TPSA) is 98.4 Å². The largest absolute Gasteiger partial charge is 0.714 e. The number of hydrogen-bond acceptors (Lipinski definition) is 9. The van der Waals surface area contributed by atoms with Crippen LogP contribution < -0.4 is 0 Å². The van der Waals surface area contributed by atoms with E-state index in [1.54, 1.807) is 19.1 Å². The third-order valence-electron chi connectivity index (χ3n) is 26.3. The number of fused-ring (bicyclic) bond motifs is 9. The number of allylic oxidation sites excluding steroid dienone is 6. The van der Waals surface area contributed by atoms with Gasteiger partial charge in [-0.25, -0.2) is 0 Å². The van der Waals surface area contributed by atoms with E-state index in [1.807, 2.05) is 0 Å². The Morgan fingerprint density at radius 1 is 0.351 bits per heavy atom. The molecule has 0 N–H and O–H groups in total. The fourth-order valence-corrected chi connectivity index (χ4v) is 25.7. The molecule has 5 aliphatic carbocycles. The van der Waals surface area contributed by atoms with Gasteiger partial charge in [0.2, 0.25) is 0 Å². The molecular formula is C80H58F18N4O4S5. The van der Waals surface area contributed by atoms with Crippen molar-refractivity contribution in [1.29, 1.82) is 0 Å². The van der Waals surface area contributed by atoms with Gasteiger partial charge in [-0.15, -0.1) is 58.4 Å². The number of amidine groups is 2. The molecule has 0 amide bonds. The summed E-state index contributed by atoms with van der Waals surface area (Å²) in [6.45, 7) is 19.0. The van der Waals surface area contributed by atoms with Gasteiger partial charge in [0.25, 0.3) is 0 Å². The Balaban J connectivity index is 0.693. The summed E-state index contributed by atoms with van der Waals surface area (Å²) in [6, 6.07) is 20.8. The first-order valence-electron chi connectivity index (χ1n) is 34.7. The Hall–Kier alpha value is -7.42. The van der Waals surface area contributed by atoms with E-state index in [2.05, 4.69) is 0 Å². The Morgan fingerprint density at radius 2 is 0.712 bits per heavy atom. The number of thioether (sulfide) groups is 4. The molecule has 111 heavy (non-hydrogen) atoms. The number of aryl methyl sites for hydroxylation is 1. The van der Waals surface area contributed by atoms with Gasteiger partial charge < -0.3 is 10.4 Å². The number of hydrogen-bond donors (Lipinski definition) is 0. The van der Waals surface area contributed by atoms with Crippen molar-refractivity contribution < 1.29 is 98.9 Å². The van der Waals surface area contributed by atoms with Crippen molar-refractivity contribution >= 4 is 114 Å². The van der Waals surface area contributed by atoms with Crippen LogP contribution in [0.15, 0.2) is 146 Å². The quantitative estimate of drug-likeness (QED) is 0.0923.